The molecule has 1 fully saturated rings. The van der Waals surface area contributed by atoms with E-state index in [1.54, 1.807) is 17.4 Å². The highest BCUT2D eigenvalue weighted by Crippen LogP contribution is 2.36. The Hall–Kier alpha value is -1.52. The van der Waals surface area contributed by atoms with Gasteiger partial charge in [-0.2, -0.15) is 0 Å². The molecule has 0 spiro atoms. The maximum atomic E-state index is 7.76. The molecule has 0 unspecified atom stereocenters. The number of thiophene rings is 1. The van der Waals surface area contributed by atoms with Crippen molar-refractivity contribution in [1.29, 1.82) is 5.41 Å². The largest absolute Gasteiger partial charge is 0.384 e. The fourth-order valence-electron chi connectivity index (χ4n) is 2.34. The molecule has 0 radical (unpaired) electrons. The zero-order valence-corrected chi connectivity index (χ0v) is 12.5. The van der Waals surface area contributed by atoms with E-state index in [4.69, 9.17) is 22.7 Å². The van der Waals surface area contributed by atoms with E-state index in [1.165, 1.54) is 17.7 Å². The van der Waals surface area contributed by atoms with Crippen molar-refractivity contribution >= 4 is 34.5 Å². The normalized spacial score (nSPS) is 14.2. The molecular formula is C15H16ClN3S. The first-order chi connectivity index (χ1) is 9.65. The van der Waals surface area contributed by atoms with Crippen LogP contribution in [0.5, 0.6) is 0 Å². The third-order valence-electron chi connectivity index (χ3n) is 3.45. The lowest BCUT2D eigenvalue weighted by atomic mass is 10.1. The van der Waals surface area contributed by atoms with E-state index in [0.29, 0.717) is 11.1 Å². The van der Waals surface area contributed by atoms with Gasteiger partial charge in [0.2, 0.25) is 0 Å². The molecule has 1 heterocycles. The minimum Gasteiger partial charge on any atom is -0.384 e. The Labute approximate surface area is 127 Å². The lowest BCUT2D eigenvalue weighted by Crippen LogP contribution is -2.27. The summed E-state index contributed by atoms with van der Waals surface area (Å²) in [5.41, 5.74) is 7.45. The maximum Gasteiger partial charge on any atom is 0.124 e. The minimum absolute atomic E-state index is 0.0912. The molecule has 0 saturated heterocycles. The van der Waals surface area contributed by atoms with E-state index in [1.807, 2.05) is 12.1 Å². The first kappa shape index (κ1) is 13.5. The first-order valence-corrected chi connectivity index (χ1v) is 7.84. The van der Waals surface area contributed by atoms with Crippen LogP contribution in [0.1, 0.15) is 23.3 Å². The van der Waals surface area contributed by atoms with Crippen LogP contribution in [0.4, 0.5) is 5.69 Å². The van der Waals surface area contributed by atoms with Crippen molar-refractivity contribution < 1.29 is 0 Å². The number of benzene rings is 1. The second-order valence-corrected chi connectivity index (χ2v) is 6.48. The van der Waals surface area contributed by atoms with Gasteiger partial charge in [-0.1, -0.05) is 17.7 Å². The summed E-state index contributed by atoms with van der Waals surface area (Å²) in [5, 5.41) is 10.5. The first-order valence-electron chi connectivity index (χ1n) is 6.58. The van der Waals surface area contributed by atoms with Crippen LogP contribution in [0.3, 0.4) is 0 Å². The van der Waals surface area contributed by atoms with Gasteiger partial charge in [0, 0.05) is 27.2 Å². The molecule has 3 N–H and O–H groups in total. The van der Waals surface area contributed by atoms with Crippen LogP contribution in [0.2, 0.25) is 5.02 Å². The minimum atomic E-state index is 0.0912. The number of nitrogens with two attached hydrogens (primary N) is 1. The van der Waals surface area contributed by atoms with E-state index in [0.717, 1.165) is 17.8 Å². The number of anilines is 1. The van der Waals surface area contributed by atoms with Gasteiger partial charge in [0.15, 0.2) is 0 Å². The molecule has 3 nitrogen and oxygen atoms in total. The summed E-state index contributed by atoms with van der Waals surface area (Å²) in [7, 11) is 0. The van der Waals surface area contributed by atoms with E-state index in [9.17, 15) is 0 Å². The summed E-state index contributed by atoms with van der Waals surface area (Å²) < 4.78 is 0. The van der Waals surface area contributed by atoms with Crippen molar-refractivity contribution in [2.75, 3.05) is 4.90 Å². The predicted molar refractivity (Wildman–Crippen MR) is 86.0 cm³/mol. The topological polar surface area (TPSA) is 53.1 Å². The van der Waals surface area contributed by atoms with Gasteiger partial charge in [-0.05, 0) is 42.5 Å². The highest BCUT2D eigenvalue weighted by molar-refractivity contribution is 7.09. The van der Waals surface area contributed by atoms with E-state index >= 15 is 0 Å². The van der Waals surface area contributed by atoms with Gasteiger partial charge in [0.1, 0.15) is 5.84 Å². The number of hydrogen-bond donors (Lipinski definition) is 2. The summed E-state index contributed by atoms with van der Waals surface area (Å²) in [6.07, 6.45) is 2.38. The molecule has 1 aliphatic carbocycles. The number of amidine groups is 1. The van der Waals surface area contributed by atoms with Crippen molar-refractivity contribution in [3.05, 3.63) is 51.2 Å². The highest BCUT2D eigenvalue weighted by Gasteiger charge is 2.31. The molecule has 2 aromatic rings. The maximum absolute atomic E-state index is 7.76. The van der Waals surface area contributed by atoms with Crippen molar-refractivity contribution in [2.24, 2.45) is 5.73 Å². The number of nitrogens with zero attached hydrogens (tertiary/aromatic N) is 1. The van der Waals surface area contributed by atoms with Crippen LogP contribution in [0, 0.1) is 5.41 Å². The Morgan fingerprint density at radius 3 is 2.80 bits per heavy atom. The molecule has 1 aromatic heterocycles. The summed E-state index contributed by atoms with van der Waals surface area (Å²) >= 11 is 7.89. The molecule has 0 bridgehead atoms. The number of hydrogen-bond acceptors (Lipinski definition) is 3. The van der Waals surface area contributed by atoms with Gasteiger partial charge in [0.05, 0.1) is 6.54 Å². The highest BCUT2D eigenvalue weighted by atomic mass is 35.5. The van der Waals surface area contributed by atoms with Crippen molar-refractivity contribution in [3.63, 3.8) is 0 Å². The van der Waals surface area contributed by atoms with Gasteiger partial charge < -0.3 is 10.6 Å². The summed E-state index contributed by atoms with van der Waals surface area (Å²) in [6, 6.07) is 10.3. The predicted octanol–water partition coefficient (Wildman–Crippen LogP) is 3.85. The summed E-state index contributed by atoms with van der Waals surface area (Å²) in [5.74, 6) is 0.0912. The molecule has 0 atom stereocenters. The average molecular weight is 306 g/mol. The van der Waals surface area contributed by atoms with E-state index in [-0.39, 0.29) is 5.84 Å². The third kappa shape index (κ3) is 2.81. The molecule has 1 aromatic carbocycles. The zero-order chi connectivity index (χ0) is 14.1. The van der Waals surface area contributed by atoms with Crippen LogP contribution in [-0.4, -0.2) is 11.9 Å². The molecular weight excluding hydrogens is 290 g/mol. The van der Waals surface area contributed by atoms with Gasteiger partial charge in [-0.25, -0.2) is 0 Å². The standard InChI is InChI=1S/C15H16ClN3S/c16-10-3-6-13(15(17)18)14(8-10)19(11-4-5-11)9-12-2-1-7-20-12/h1-3,6-8,11H,4-5,9H2,(H3,17,18). The van der Waals surface area contributed by atoms with Crippen LogP contribution in [0.15, 0.2) is 35.7 Å². The second-order valence-electron chi connectivity index (χ2n) is 5.01. The number of nitrogens with one attached hydrogen (secondary N) is 1. The number of rotatable bonds is 5. The van der Waals surface area contributed by atoms with Crippen molar-refractivity contribution in [2.45, 2.75) is 25.4 Å². The van der Waals surface area contributed by atoms with Crippen LogP contribution in [-0.2, 0) is 6.54 Å². The summed E-state index contributed by atoms with van der Waals surface area (Å²) in [6.45, 7) is 0.850. The Kier molecular flexibility index (Phi) is 3.68. The molecule has 1 saturated carbocycles. The van der Waals surface area contributed by atoms with Crippen molar-refractivity contribution in [3.8, 4) is 0 Å². The fourth-order valence-corrected chi connectivity index (χ4v) is 3.21. The molecule has 5 heteroatoms. The smallest absolute Gasteiger partial charge is 0.124 e. The Morgan fingerprint density at radius 1 is 1.40 bits per heavy atom. The fraction of sp³-hybridized carbons (Fsp3) is 0.267. The van der Waals surface area contributed by atoms with Crippen LogP contribution in [0.25, 0.3) is 0 Å². The molecule has 1 aliphatic rings. The quantitative estimate of drug-likeness (QED) is 0.651. The zero-order valence-electron chi connectivity index (χ0n) is 11.0. The lowest BCUT2D eigenvalue weighted by molar-refractivity contribution is 0.802. The number of nitrogen functional groups attached to an aromatic ring is 1. The molecule has 0 aliphatic heterocycles. The molecule has 104 valence electrons. The molecule has 20 heavy (non-hydrogen) atoms. The van der Waals surface area contributed by atoms with Gasteiger partial charge >= 0.3 is 0 Å². The van der Waals surface area contributed by atoms with Gasteiger partial charge in [-0.15, -0.1) is 11.3 Å². The second kappa shape index (κ2) is 5.46. The monoisotopic (exact) mass is 305 g/mol. The van der Waals surface area contributed by atoms with Gasteiger partial charge in [-0.3, -0.25) is 5.41 Å². The van der Waals surface area contributed by atoms with Crippen LogP contribution >= 0.6 is 22.9 Å². The lowest BCUT2D eigenvalue weighted by Gasteiger charge is -2.26. The SMILES string of the molecule is N=C(N)c1ccc(Cl)cc1N(Cc1cccs1)C1CC1. The average Bonchev–Trinajstić information content (AvgIpc) is 3.12. The van der Waals surface area contributed by atoms with Crippen LogP contribution < -0.4 is 10.6 Å². The Balaban J connectivity index is 1.98. The third-order valence-corrected chi connectivity index (χ3v) is 4.55. The number of halogens is 1. The van der Waals surface area contributed by atoms with Gasteiger partial charge in [0.25, 0.3) is 0 Å². The van der Waals surface area contributed by atoms with Crippen molar-refractivity contribution in [1.82, 2.24) is 0 Å². The molecule has 3 rings (SSSR count). The van der Waals surface area contributed by atoms with E-state index < -0.39 is 0 Å². The van der Waals surface area contributed by atoms with E-state index in [2.05, 4.69) is 22.4 Å². The summed E-state index contributed by atoms with van der Waals surface area (Å²) in [4.78, 5) is 3.64. The molecule has 0 amide bonds. The Bertz CT molecular complexity index is 620. The Morgan fingerprint density at radius 2 is 2.20 bits per heavy atom.